The van der Waals surface area contributed by atoms with Crippen LogP contribution in [0.2, 0.25) is 0 Å². The molecule has 4 heteroatoms. The number of imidazole rings is 1. The zero-order chi connectivity index (χ0) is 14.3. The van der Waals surface area contributed by atoms with Gasteiger partial charge in [-0.25, -0.2) is 9.97 Å². The molecule has 0 aliphatic carbocycles. The van der Waals surface area contributed by atoms with Crippen molar-refractivity contribution in [2.24, 2.45) is 0 Å². The molecule has 0 atom stereocenters. The van der Waals surface area contributed by atoms with Gasteiger partial charge in [0.1, 0.15) is 11.6 Å². The first-order chi connectivity index (χ1) is 9.56. The molecule has 0 radical (unpaired) electrons. The molecule has 4 nitrogen and oxygen atoms in total. The van der Waals surface area contributed by atoms with E-state index < -0.39 is 0 Å². The van der Waals surface area contributed by atoms with Gasteiger partial charge in [-0.1, -0.05) is 19.9 Å². The molecule has 0 bridgehead atoms. The van der Waals surface area contributed by atoms with Gasteiger partial charge in [-0.2, -0.15) is 0 Å². The van der Waals surface area contributed by atoms with Crippen molar-refractivity contribution in [1.29, 1.82) is 0 Å². The Morgan fingerprint density at radius 3 is 2.75 bits per heavy atom. The number of hydrogen-bond acceptors (Lipinski definition) is 3. The highest BCUT2D eigenvalue weighted by Crippen LogP contribution is 2.34. The van der Waals surface area contributed by atoms with E-state index in [1.807, 2.05) is 31.2 Å². The largest absolute Gasteiger partial charge is 0.507 e. The highest BCUT2D eigenvalue weighted by Gasteiger charge is 2.14. The van der Waals surface area contributed by atoms with Crippen LogP contribution in [0.3, 0.4) is 0 Å². The molecule has 0 amide bonds. The summed E-state index contributed by atoms with van der Waals surface area (Å²) in [4.78, 5) is 11.9. The summed E-state index contributed by atoms with van der Waals surface area (Å²) in [5, 5.41) is 10.3. The third kappa shape index (κ3) is 2.03. The van der Waals surface area contributed by atoms with E-state index in [1.54, 1.807) is 6.20 Å². The molecule has 3 rings (SSSR count). The van der Waals surface area contributed by atoms with Crippen molar-refractivity contribution < 1.29 is 5.11 Å². The van der Waals surface area contributed by atoms with E-state index >= 15 is 0 Å². The number of aromatic nitrogens is 3. The maximum Gasteiger partial charge on any atom is 0.178 e. The normalized spacial score (nSPS) is 11.4. The summed E-state index contributed by atoms with van der Waals surface area (Å²) >= 11 is 0. The van der Waals surface area contributed by atoms with E-state index in [1.165, 1.54) is 5.56 Å². The fourth-order valence-corrected chi connectivity index (χ4v) is 2.29. The number of aromatic amines is 1. The lowest BCUT2D eigenvalue weighted by atomic mass is 9.97. The van der Waals surface area contributed by atoms with E-state index in [2.05, 4.69) is 28.8 Å². The van der Waals surface area contributed by atoms with Crippen molar-refractivity contribution in [3.05, 3.63) is 41.6 Å². The lowest BCUT2D eigenvalue weighted by Crippen LogP contribution is -1.92. The standard InChI is InChI=1S/C16H17N3O/c1-9(2)11-7-10(3)14(20)12(8-11)15-18-13-5-4-6-17-16(13)19-15/h4-9,20H,1-3H3,(H,17,18,19). The van der Waals surface area contributed by atoms with E-state index in [9.17, 15) is 5.11 Å². The van der Waals surface area contributed by atoms with Gasteiger partial charge in [0.05, 0.1) is 11.1 Å². The van der Waals surface area contributed by atoms with Gasteiger partial charge in [0.15, 0.2) is 5.65 Å². The number of nitrogens with zero attached hydrogens (tertiary/aromatic N) is 2. The second kappa shape index (κ2) is 4.63. The van der Waals surface area contributed by atoms with Crippen molar-refractivity contribution in [2.75, 3.05) is 0 Å². The highest BCUT2D eigenvalue weighted by molar-refractivity contribution is 5.78. The van der Waals surface area contributed by atoms with Crippen LogP contribution in [0.25, 0.3) is 22.6 Å². The van der Waals surface area contributed by atoms with E-state index in [4.69, 9.17) is 0 Å². The molecule has 2 aromatic heterocycles. The molecule has 1 aromatic carbocycles. The lowest BCUT2D eigenvalue weighted by molar-refractivity contribution is 0.472. The van der Waals surface area contributed by atoms with Gasteiger partial charge < -0.3 is 10.1 Å². The number of benzene rings is 1. The molecule has 0 aliphatic heterocycles. The van der Waals surface area contributed by atoms with E-state index in [0.717, 1.165) is 16.6 Å². The van der Waals surface area contributed by atoms with Crippen molar-refractivity contribution in [3.63, 3.8) is 0 Å². The topological polar surface area (TPSA) is 61.8 Å². The van der Waals surface area contributed by atoms with Crippen molar-refractivity contribution in [3.8, 4) is 17.1 Å². The second-order valence-electron chi connectivity index (χ2n) is 5.35. The molecule has 0 unspecified atom stereocenters. The Bertz CT molecular complexity index is 741. The first-order valence-corrected chi connectivity index (χ1v) is 6.71. The molecule has 102 valence electrons. The van der Waals surface area contributed by atoms with Crippen molar-refractivity contribution in [1.82, 2.24) is 15.0 Å². The molecule has 0 fully saturated rings. The van der Waals surface area contributed by atoms with Crippen LogP contribution >= 0.6 is 0 Å². The van der Waals surface area contributed by atoms with E-state index in [0.29, 0.717) is 17.4 Å². The molecule has 2 N–H and O–H groups in total. The monoisotopic (exact) mass is 267 g/mol. The molecule has 0 saturated carbocycles. The Hall–Kier alpha value is -2.36. The number of phenolic OH excluding ortho intramolecular Hbond substituents is 1. The number of phenols is 1. The minimum absolute atomic E-state index is 0.272. The Balaban J connectivity index is 2.22. The van der Waals surface area contributed by atoms with Gasteiger partial charge in [-0.3, -0.25) is 0 Å². The molecule has 0 aliphatic rings. The molecule has 0 spiro atoms. The van der Waals surface area contributed by atoms with Gasteiger partial charge in [0, 0.05) is 6.20 Å². The second-order valence-corrected chi connectivity index (χ2v) is 5.35. The van der Waals surface area contributed by atoms with Crippen LogP contribution in [0.1, 0.15) is 30.9 Å². The van der Waals surface area contributed by atoms with Crippen LogP contribution in [0.5, 0.6) is 5.75 Å². The third-order valence-corrected chi connectivity index (χ3v) is 3.50. The quantitative estimate of drug-likeness (QED) is 0.743. The molecule has 3 aromatic rings. The van der Waals surface area contributed by atoms with Crippen LogP contribution in [0.15, 0.2) is 30.5 Å². The summed E-state index contributed by atoms with van der Waals surface area (Å²) in [6, 6.07) is 7.80. The highest BCUT2D eigenvalue weighted by atomic mass is 16.3. The first kappa shape index (κ1) is 12.7. The van der Waals surface area contributed by atoms with Gasteiger partial charge >= 0.3 is 0 Å². The van der Waals surface area contributed by atoms with Crippen molar-refractivity contribution >= 4 is 11.2 Å². The molecule has 2 heterocycles. The summed E-state index contributed by atoms with van der Waals surface area (Å²) in [5.74, 6) is 1.32. The number of pyridine rings is 1. The SMILES string of the molecule is Cc1cc(C(C)C)cc(-c2nc3ncccc3[nH]2)c1O. The predicted molar refractivity (Wildman–Crippen MR) is 79.8 cm³/mol. The Kier molecular flexibility index (Phi) is 2.93. The lowest BCUT2D eigenvalue weighted by Gasteiger charge is -2.11. The maximum atomic E-state index is 10.3. The fourth-order valence-electron chi connectivity index (χ4n) is 2.29. The number of aromatic hydroxyl groups is 1. The molecule has 0 saturated heterocycles. The molecule has 20 heavy (non-hydrogen) atoms. The van der Waals surface area contributed by atoms with Crippen molar-refractivity contribution in [2.45, 2.75) is 26.7 Å². The van der Waals surface area contributed by atoms with E-state index in [-0.39, 0.29) is 5.75 Å². The third-order valence-electron chi connectivity index (χ3n) is 3.50. The summed E-state index contributed by atoms with van der Waals surface area (Å²) in [6.45, 7) is 6.18. The van der Waals surface area contributed by atoms with Gasteiger partial charge in [-0.05, 0) is 42.2 Å². The summed E-state index contributed by atoms with van der Waals surface area (Å²) in [7, 11) is 0. The van der Waals surface area contributed by atoms with Gasteiger partial charge in [0.25, 0.3) is 0 Å². The smallest absolute Gasteiger partial charge is 0.178 e. The van der Waals surface area contributed by atoms with Crippen LogP contribution in [0.4, 0.5) is 0 Å². The van der Waals surface area contributed by atoms with Crippen LogP contribution in [-0.4, -0.2) is 20.1 Å². The summed E-state index contributed by atoms with van der Waals surface area (Å²) < 4.78 is 0. The Morgan fingerprint density at radius 2 is 2.05 bits per heavy atom. The predicted octanol–water partition coefficient (Wildman–Crippen LogP) is 3.76. The summed E-state index contributed by atoms with van der Waals surface area (Å²) in [6.07, 6.45) is 1.71. The zero-order valence-corrected chi connectivity index (χ0v) is 11.8. The van der Waals surface area contributed by atoms with Gasteiger partial charge in [-0.15, -0.1) is 0 Å². The first-order valence-electron chi connectivity index (χ1n) is 6.71. The number of aryl methyl sites for hydroxylation is 1. The zero-order valence-electron chi connectivity index (χ0n) is 11.8. The number of hydrogen-bond donors (Lipinski definition) is 2. The fraction of sp³-hybridized carbons (Fsp3) is 0.250. The van der Waals surface area contributed by atoms with Crippen LogP contribution in [0, 0.1) is 6.92 Å². The number of rotatable bonds is 2. The number of H-pyrrole nitrogens is 1. The molecular weight excluding hydrogens is 250 g/mol. The van der Waals surface area contributed by atoms with Gasteiger partial charge in [0.2, 0.25) is 0 Å². The maximum absolute atomic E-state index is 10.3. The average molecular weight is 267 g/mol. The molecular formula is C16H17N3O. The number of fused-ring (bicyclic) bond motifs is 1. The minimum Gasteiger partial charge on any atom is -0.507 e. The minimum atomic E-state index is 0.272. The Morgan fingerprint density at radius 1 is 1.25 bits per heavy atom. The van der Waals surface area contributed by atoms with Crippen LogP contribution < -0.4 is 0 Å². The average Bonchev–Trinajstić information content (AvgIpc) is 2.84. The summed E-state index contributed by atoms with van der Waals surface area (Å²) in [5.41, 5.74) is 4.30. The van der Waals surface area contributed by atoms with Crippen LogP contribution in [-0.2, 0) is 0 Å². The Labute approximate surface area is 117 Å². The number of nitrogens with one attached hydrogen (secondary N) is 1.